The van der Waals surface area contributed by atoms with E-state index in [1.807, 2.05) is 12.1 Å². The number of carbonyl (C=O) groups excluding carboxylic acids is 2. The van der Waals surface area contributed by atoms with Crippen molar-refractivity contribution in [3.63, 3.8) is 0 Å². The molecule has 1 aliphatic heterocycles. The first-order valence-corrected chi connectivity index (χ1v) is 14.8. The lowest BCUT2D eigenvalue weighted by molar-refractivity contribution is -0.216. The third-order valence-electron chi connectivity index (χ3n) is 6.62. The van der Waals surface area contributed by atoms with Crippen LogP contribution in [0.25, 0.3) is 0 Å². The molecule has 0 spiro atoms. The molecular weight excluding hydrogens is 596 g/mol. The van der Waals surface area contributed by atoms with E-state index in [9.17, 15) is 31.2 Å². The lowest BCUT2D eigenvalue weighted by atomic mass is 10.0. The van der Waals surface area contributed by atoms with E-state index in [2.05, 4.69) is 9.74 Å². The number of methoxy groups -OCH3 is 1. The van der Waals surface area contributed by atoms with Gasteiger partial charge in [-0.05, 0) is 67.5 Å². The van der Waals surface area contributed by atoms with Crippen molar-refractivity contribution in [1.82, 2.24) is 9.37 Å². The van der Waals surface area contributed by atoms with Crippen LogP contribution >= 0.6 is 11.6 Å². The highest BCUT2D eigenvalue weighted by Crippen LogP contribution is 2.46. The topological polar surface area (TPSA) is 102 Å². The molecule has 0 N–H and O–H groups in total. The molecule has 1 aliphatic carbocycles. The van der Waals surface area contributed by atoms with Gasteiger partial charge < -0.3 is 14.3 Å². The molecule has 4 rings (SSSR count). The molecule has 41 heavy (non-hydrogen) atoms. The highest BCUT2D eigenvalue weighted by molar-refractivity contribution is 7.88. The Kier molecular flexibility index (Phi) is 9.04. The third-order valence-corrected chi connectivity index (χ3v) is 7.82. The predicted molar refractivity (Wildman–Crippen MR) is 138 cm³/mol. The van der Waals surface area contributed by atoms with Crippen molar-refractivity contribution in [3.05, 3.63) is 57.9 Å². The third kappa shape index (κ3) is 7.60. The zero-order chi connectivity index (χ0) is 30.1. The molecule has 1 atom stereocenters. The largest absolute Gasteiger partial charge is 0.497 e. The van der Waals surface area contributed by atoms with Gasteiger partial charge in [-0.1, -0.05) is 22.1 Å². The second-order valence-electron chi connectivity index (χ2n) is 9.89. The summed E-state index contributed by atoms with van der Waals surface area (Å²) in [5.41, 5.74) is 0.419. The van der Waals surface area contributed by atoms with Gasteiger partial charge in [-0.3, -0.25) is 9.69 Å². The summed E-state index contributed by atoms with van der Waals surface area (Å²) in [5.74, 6) is -5.32. The van der Waals surface area contributed by atoms with E-state index in [1.54, 1.807) is 13.2 Å². The average molecular weight is 623 g/mol. The minimum atomic E-state index is -5.59. The van der Waals surface area contributed by atoms with Crippen LogP contribution in [-0.4, -0.2) is 68.4 Å². The number of rotatable bonds is 8. The fourth-order valence-electron chi connectivity index (χ4n) is 4.49. The van der Waals surface area contributed by atoms with Gasteiger partial charge in [-0.25, -0.2) is 17.6 Å². The summed E-state index contributed by atoms with van der Waals surface area (Å²) in [7, 11) is -3.31. The van der Waals surface area contributed by atoms with Gasteiger partial charge in [0.25, 0.3) is 10.0 Å². The number of sulfonamides is 1. The molecule has 0 bridgehead atoms. The molecule has 1 heterocycles. The number of nitrogens with zero attached hydrogens (tertiary/aromatic N) is 2. The first kappa shape index (κ1) is 30.8. The van der Waals surface area contributed by atoms with Gasteiger partial charge in [-0.2, -0.15) is 13.2 Å². The summed E-state index contributed by atoms with van der Waals surface area (Å²) in [6.07, 6.45) is -2.79. The lowest BCUT2D eigenvalue weighted by Crippen LogP contribution is -2.42. The summed E-state index contributed by atoms with van der Waals surface area (Å²) in [5, 5.41) is 0.551. The molecule has 2 aromatic carbocycles. The molecule has 0 aromatic heterocycles. The zero-order valence-corrected chi connectivity index (χ0v) is 23.6. The first-order chi connectivity index (χ1) is 19.2. The molecule has 224 valence electrons. The number of hydrogen-bond donors (Lipinski definition) is 0. The van der Waals surface area contributed by atoms with Crippen LogP contribution in [0.3, 0.4) is 0 Å². The van der Waals surface area contributed by atoms with Crippen molar-refractivity contribution in [1.29, 1.82) is 0 Å². The van der Waals surface area contributed by atoms with Gasteiger partial charge >= 0.3 is 18.1 Å². The first-order valence-electron chi connectivity index (χ1n) is 12.6. The number of halogens is 5. The zero-order valence-electron chi connectivity index (χ0n) is 22.0. The second-order valence-corrected chi connectivity index (χ2v) is 12.1. The number of amides is 1. The van der Waals surface area contributed by atoms with Gasteiger partial charge in [0, 0.05) is 24.2 Å². The Balaban J connectivity index is 1.54. The van der Waals surface area contributed by atoms with Crippen molar-refractivity contribution in [2.75, 3.05) is 26.5 Å². The monoisotopic (exact) mass is 622 g/mol. The van der Waals surface area contributed by atoms with Crippen molar-refractivity contribution in [2.24, 2.45) is 0 Å². The van der Waals surface area contributed by atoms with Crippen molar-refractivity contribution >= 4 is 33.5 Å². The molecule has 1 saturated heterocycles. The molecule has 2 aliphatic rings. The maximum atomic E-state index is 15.2. The minimum Gasteiger partial charge on any atom is -0.497 e. The molecule has 1 saturated carbocycles. The molecule has 2 aromatic rings. The highest BCUT2D eigenvalue weighted by Gasteiger charge is 2.46. The molecule has 9 nitrogen and oxygen atoms in total. The Hall–Kier alpha value is -3.10. The highest BCUT2D eigenvalue weighted by atomic mass is 35.5. The summed E-state index contributed by atoms with van der Waals surface area (Å²) in [6, 6.07) is 7.35. The lowest BCUT2D eigenvalue weighted by Gasteiger charge is -2.33. The molecule has 1 amide bonds. The normalized spacial score (nSPS) is 18.1. The molecule has 0 unspecified atom stereocenters. The van der Waals surface area contributed by atoms with Crippen LogP contribution in [0.15, 0.2) is 30.3 Å². The van der Waals surface area contributed by atoms with Gasteiger partial charge in [0.15, 0.2) is 0 Å². The Labute approximate surface area is 238 Å². The van der Waals surface area contributed by atoms with E-state index in [-0.39, 0.29) is 17.8 Å². The molecule has 15 heteroatoms. The summed E-state index contributed by atoms with van der Waals surface area (Å²) >= 11 is 6.38. The Morgan fingerprint density at radius 2 is 1.85 bits per heavy atom. The number of likely N-dealkylation sites (tertiary alicyclic amines) is 1. The molecule has 2 fully saturated rings. The van der Waals surface area contributed by atoms with E-state index in [0.29, 0.717) is 54.9 Å². The van der Waals surface area contributed by atoms with Crippen LogP contribution in [0.5, 0.6) is 11.5 Å². The maximum absolute atomic E-state index is 15.2. The summed E-state index contributed by atoms with van der Waals surface area (Å²) < 4.78 is 87.8. The number of hydrogen-bond acceptors (Lipinski definition) is 8. The van der Waals surface area contributed by atoms with E-state index in [1.165, 1.54) is 0 Å². The minimum absolute atomic E-state index is 0.126. The van der Waals surface area contributed by atoms with Gasteiger partial charge in [0.1, 0.15) is 23.4 Å². The number of alkyl halides is 3. The van der Waals surface area contributed by atoms with E-state index in [4.69, 9.17) is 21.1 Å². The number of ether oxygens (including phenoxy) is 2. The molecular formula is C26H27ClF4N2O7S. The van der Waals surface area contributed by atoms with Gasteiger partial charge in [0.05, 0.1) is 18.9 Å². The van der Waals surface area contributed by atoms with E-state index >= 15 is 4.39 Å². The SMILES string of the molecule is COc1ccc(CN2CCC[C@@H](Oc3cc(F)c(C(=O)N(OC(=O)C(F)(F)F)S(C)(=O)=O)cc3C3CC3)C2)c(Cl)c1. The standard InChI is InChI=1S/C26H27ClF4N2O7S/c1-38-17-8-7-16(21(27)10-17)13-32-9-3-4-18(14-32)39-23-12-22(28)20(11-19(23)15-5-6-15)24(34)33(41(2,36)37)40-25(35)26(29,30)31/h7-8,10-12,15,18H,3-6,9,13-14H2,1-2H3/t18-/m1/s1. The van der Waals surface area contributed by atoms with Crippen molar-refractivity contribution < 1.29 is 49.9 Å². The van der Waals surface area contributed by atoms with Crippen LogP contribution < -0.4 is 9.47 Å². The fraction of sp³-hybridized carbons (Fsp3) is 0.462. The Bertz CT molecular complexity index is 1430. The second kappa shape index (κ2) is 12.0. The van der Waals surface area contributed by atoms with Crippen LogP contribution in [0.1, 0.15) is 53.1 Å². The number of benzene rings is 2. The van der Waals surface area contributed by atoms with Crippen LogP contribution in [0.4, 0.5) is 17.6 Å². The predicted octanol–water partition coefficient (Wildman–Crippen LogP) is 4.83. The van der Waals surface area contributed by atoms with Crippen molar-refractivity contribution in [3.8, 4) is 11.5 Å². The van der Waals surface area contributed by atoms with Crippen LogP contribution in [0, 0.1) is 5.82 Å². The van der Waals surface area contributed by atoms with Crippen LogP contribution in [-0.2, 0) is 26.2 Å². The van der Waals surface area contributed by atoms with Crippen molar-refractivity contribution in [2.45, 2.75) is 50.4 Å². The quantitative estimate of drug-likeness (QED) is 0.305. The Morgan fingerprint density at radius 3 is 2.44 bits per heavy atom. The smallest absolute Gasteiger partial charge is 0.493 e. The van der Waals surface area contributed by atoms with E-state index in [0.717, 1.165) is 30.7 Å². The van der Waals surface area contributed by atoms with Gasteiger partial charge in [0.2, 0.25) is 0 Å². The van der Waals surface area contributed by atoms with E-state index < -0.39 is 43.9 Å². The Morgan fingerprint density at radius 1 is 1.15 bits per heavy atom. The van der Waals surface area contributed by atoms with Crippen LogP contribution in [0.2, 0.25) is 5.02 Å². The number of hydroxylamine groups is 1. The average Bonchev–Trinajstić information content (AvgIpc) is 3.72. The summed E-state index contributed by atoms with van der Waals surface area (Å²) in [4.78, 5) is 30.1. The molecule has 0 radical (unpaired) electrons. The number of piperidine rings is 1. The number of carbonyl (C=O) groups is 2. The summed E-state index contributed by atoms with van der Waals surface area (Å²) in [6.45, 7) is 1.80. The fourth-order valence-corrected chi connectivity index (χ4v) is 5.33. The van der Waals surface area contributed by atoms with Gasteiger partial charge in [-0.15, -0.1) is 0 Å². The maximum Gasteiger partial charge on any atom is 0.493 e.